The largest absolute Gasteiger partial charge is 0.493 e. The molecule has 3 aromatic rings. The SMILES string of the molecule is Cc1oc2ccc(OCc3cccnc3O)c(C(C)(CO)CO)c2c1C(N)=O. The molecule has 0 atom stereocenters. The first-order valence-electron chi connectivity index (χ1n) is 8.66. The van der Waals surface area contributed by atoms with E-state index in [1.807, 2.05) is 0 Å². The van der Waals surface area contributed by atoms with E-state index in [9.17, 15) is 20.1 Å². The highest BCUT2D eigenvalue weighted by Crippen LogP contribution is 2.41. The number of aryl methyl sites for hydroxylation is 1. The zero-order valence-electron chi connectivity index (χ0n) is 15.6. The maximum atomic E-state index is 12.0. The molecule has 2 heterocycles. The van der Waals surface area contributed by atoms with Crippen molar-refractivity contribution in [2.75, 3.05) is 13.2 Å². The summed E-state index contributed by atoms with van der Waals surface area (Å²) in [5.74, 6) is -0.180. The Labute approximate surface area is 161 Å². The van der Waals surface area contributed by atoms with E-state index in [1.165, 1.54) is 6.20 Å². The van der Waals surface area contributed by atoms with Crippen LogP contribution in [0.5, 0.6) is 11.6 Å². The van der Waals surface area contributed by atoms with Gasteiger partial charge in [0.05, 0.1) is 24.3 Å². The molecule has 0 aliphatic heterocycles. The lowest BCUT2D eigenvalue weighted by atomic mass is 9.80. The lowest BCUT2D eigenvalue weighted by Crippen LogP contribution is -2.32. The summed E-state index contributed by atoms with van der Waals surface area (Å²) in [7, 11) is 0. The predicted octanol–water partition coefficient (Wildman–Crippen LogP) is 1.76. The normalized spacial score (nSPS) is 11.7. The van der Waals surface area contributed by atoms with Gasteiger partial charge in [0.15, 0.2) is 0 Å². The van der Waals surface area contributed by atoms with Gasteiger partial charge in [-0.2, -0.15) is 0 Å². The van der Waals surface area contributed by atoms with Crippen LogP contribution < -0.4 is 10.5 Å². The summed E-state index contributed by atoms with van der Waals surface area (Å²) < 4.78 is 11.5. The Morgan fingerprint density at radius 2 is 2.00 bits per heavy atom. The van der Waals surface area contributed by atoms with Gasteiger partial charge in [0.2, 0.25) is 5.88 Å². The number of aliphatic hydroxyl groups excluding tert-OH is 2. The minimum Gasteiger partial charge on any atom is -0.493 e. The molecule has 0 radical (unpaired) electrons. The first-order chi connectivity index (χ1) is 13.3. The molecular weight excluding hydrogens is 364 g/mol. The lowest BCUT2D eigenvalue weighted by molar-refractivity contribution is 0.0999. The molecule has 1 amide bonds. The van der Waals surface area contributed by atoms with Crippen LogP contribution in [0.15, 0.2) is 34.9 Å². The Morgan fingerprint density at radius 3 is 2.61 bits per heavy atom. The zero-order chi connectivity index (χ0) is 20.5. The van der Waals surface area contributed by atoms with Crippen LogP contribution in [0.2, 0.25) is 0 Å². The number of pyridine rings is 1. The Morgan fingerprint density at radius 1 is 1.29 bits per heavy atom. The third-order valence-corrected chi connectivity index (χ3v) is 4.79. The number of carbonyl (C=O) groups is 1. The van der Waals surface area contributed by atoms with Crippen molar-refractivity contribution < 1.29 is 29.3 Å². The first-order valence-corrected chi connectivity index (χ1v) is 8.66. The highest BCUT2D eigenvalue weighted by Gasteiger charge is 2.34. The summed E-state index contributed by atoms with van der Waals surface area (Å²) in [6, 6.07) is 6.58. The highest BCUT2D eigenvalue weighted by molar-refractivity contribution is 6.08. The number of benzene rings is 1. The van der Waals surface area contributed by atoms with E-state index in [-0.39, 0.29) is 18.1 Å². The molecule has 0 unspecified atom stereocenters. The second kappa shape index (κ2) is 7.49. The summed E-state index contributed by atoms with van der Waals surface area (Å²) in [6.07, 6.45) is 1.46. The Hall–Kier alpha value is -3.10. The number of fused-ring (bicyclic) bond motifs is 1. The summed E-state index contributed by atoms with van der Waals surface area (Å²) in [6.45, 7) is 2.45. The summed E-state index contributed by atoms with van der Waals surface area (Å²) in [4.78, 5) is 15.8. The highest BCUT2D eigenvalue weighted by atomic mass is 16.5. The molecule has 0 fully saturated rings. The molecule has 1 aromatic carbocycles. The quantitative estimate of drug-likeness (QED) is 0.485. The fraction of sp³-hybridized carbons (Fsp3) is 0.300. The van der Waals surface area contributed by atoms with Crippen molar-refractivity contribution in [3.05, 3.63) is 52.9 Å². The van der Waals surface area contributed by atoms with Crippen LogP contribution in [-0.4, -0.2) is 39.4 Å². The molecule has 8 nitrogen and oxygen atoms in total. The molecule has 0 saturated heterocycles. The number of carbonyl (C=O) groups excluding carboxylic acids is 1. The molecule has 8 heteroatoms. The van der Waals surface area contributed by atoms with Gasteiger partial charge in [-0.05, 0) is 31.2 Å². The molecule has 0 aliphatic rings. The summed E-state index contributed by atoms with van der Waals surface area (Å²) >= 11 is 0. The fourth-order valence-electron chi connectivity index (χ4n) is 3.21. The number of aromatic hydroxyl groups is 1. The van der Waals surface area contributed by atoms with Crippen LogP contribution in [-0.2, 0) is 12.0 Å². The molecule has 5 N–H and O–H groups in total. The van der Waals surface area contributed by atoms with E-state index in [1.54, 1.807) is 38.1 Å². The molecule has 28 heavy (non-hydrogen) atoms. The van der Waals surface area contributed by atoms with Gasteiger partial charge in [0, 0.05) is 22.6 Å². The topological polar surface area (TPSA) is 139 Å². The molecule has 0 bridgehead atoms. The van der Waals surface area contributed by atoms with Crippen LogP contribution in [0.25, 0.3) is 11.0 Å². The van der Waals surface area contributed by atoms with Crippen molar-refractivity contribution in [1.29, 1.82) is 0 Å². The van der Waals surface area contributed by atoms with Gasteiger partial charge < -0.3 is 30.2 Å². The smallest absolute Gasteiger partial charge is 0.252 e. The molecule has 3 rings (SSSR count). The predicted molar refractivity (Wildman–Crippen MR) is 101 cm³/mol. The number of primary amides is 1. The second-order valence-electron chi connectivity index (χ2n) is 6.86. The number of ether oxygens (including phenoxy) is 1. The van der Waals surface area contributed by atoms with Crippen molar-refractivity contribution in [2.24, 2.45) is 5.73 Å². The van der Waals surface area contributed by atoms with Crippen molar-refractivity contribution in [3.8, 4) is 11.6 Å². The number of aliphatic hydroxyl groups is 2. The van der Waals surface area contributed by atoms with Gasteiger partial charge in [-0.3, -0.25) is 4.79 Å². The van der Waals surface area contributed by atoms with E-state index in [0.29, 0.717) is 33.6 Å². The van der Waals surface area contributed by atoms with E-state index >= 15 is 0 Å². The van der Waals surface area contributed by atoms with Crippen LogP contribution in [0.1, 0.15) is 34.2 Å². The lowest BCUT2D eigenvalue weighted by Gasteiger charge is -2.28. The summed E-state index contributed by atoms with van der Waals surface area (Å²) in [5.41, 5.74) is 5.85. The molecule has 148 valence electrons. The van der Waals surface area contributed by atoms with Crippen LogP contribution in [0.3, 0.4) is 0 Å². The molecule has 0 aliphatic carbocycles. The van der Waals surface area contributed by atoms with Gasteiger partial charge in [-0.15, -0.1) is 0 Å². The first kappa shape index (κ1) is 19.7. The van der Waals surface area contributed by atoms with E-state index in [4.69, 9.17) is 14.9 Å². The average Bonchev–Trinajstić information content (AvgIpc) is 3.02. The van der Waals surface area contributed by atoms with Crippen LogP contribution >= 0.6 is 0 Å². The van der Waals surface area contributed by atoms with Crippen molar-refractivity contribution >= 4 is 16.9 Å². The number of furan rings is 1. The Bertz CT molecular complexity index is 1020. The number of aromatic nitrogens is 1. The Balaban J connectivity index is 2.20. The van der Waals surface area contributed by atoms with Gasteiger partial charge in [-0.25, -0.2) is 4.98 Å². The van der Waals surface area contributed by atoms with E-state index < -0.39 is 24.5 Å². The third-order valence-electron chi connectivity index (χ3n) is 4.79. The number of amides is 1. The standard InChI is InChI=1S/C20H22N2O6/c1-11-15(18(21)25)16-13(28-11)5-6-14(17(16)20(2,9-23)10-24)27-8-12-4-3-7-22-19(12)26/h3-7,23-24H,8-10H2,1-2H3,(H2,21,25)(H,22,26). The fourth-order valence-corrected chi connectivity index (χ4v) is 3.21. The summed E-state index contributed by atoms with van der Waals surface area (Å²) in [5, 5.41) is 30.2. The minimum atomic E-state index is -1.13. The van der Waals surface area contributed by atoms with Crippen molar-refractivity contribution in [3.63, 3.8) is 0 Å². The van der Waals surface area contributed by atoms with Crippen molar-refractivity contribution in [1.82, 2.24) is 4.98 Å². The number of nitrogens with zero attached hydrogens (tertiary/aromatic N) is 1. The monoisotopic (exact) mass is 386 g/mol. The average molecular weight is 386 g/mol. The van der Waals surface area contributed by atoms with E-state index in [0.717, 1.165) is 0 Å². The number of nitrogens with two attached hydrogens (primary N) is 1. The van der Waals surface area contributed by atoms with Crippen LogP contribution in [0, 0.1) is 6.92 Å². The maximum absolute atomic E-state index is 12.0. The minimum absolute atomic E-state index is 0.00610. The molecule has 0 spiro atoms. The van der Waals surface area contributed by atoms with Crippen LogP contribution in [0.4, 0.5) is 0 Å². The Kier molecular flexibility index (Phi) is 5.26. The molecular formula is C20H22N2O6. The molecule has 2 aromatic heterocycles. The number of hydrogen-bond acceptors (Lipinski definition) is 7. The number of rotatable bonds is 7. The van der Waals surface area contributed by atoms with Crippen molar-refractivity contribution in [2.45, 2.75) is 25.9 Å². The van der Waals surface area contributed by atoms with Gasteiger partial charge >= 0.3 is 0 Å². The maximum Gasteiger partial charge on any atom is 0.252 e. The number of hydrogen-bond donors (Lipinski definition) is 4. The zero-order valence-corrected chi connectivity index (χ0v) is 15.6. The van der Waals surface area contributed by atoms with E-state index in [2.05, 4.69) is 4.98 Å². The second-order valence-corrected chi connectivity index (χ2v) is 6.86. The van der Waals surface area contributed by atoms with Gasteiger partial charge in [0.25, 0.3) is 5.91 Å². The van der Waals surface area contributed by atoms with Gasteiger partial charge in [0.1, 0.15) is 23.7 Å². The van der Waals surface area contributed by atoms with Gasteiger partial charge in [-0.1, -0.05) is 6.92 Å². The third kappa shape index (κ3) is 3.28. The molecule has 0 saturated carbocycles.